The minimum absolute atomic E-state index is 0.107. The predicted molar refractivity (Wildman–Crippen MR) is 43.3 cm³/mol. The molecule has 2 aliphatic rings. The zero-order valence-corrected chi connectivity index (χ0v) is 7.15. The lowest BCUT2D eigenvalue weighted by Crippen LogP contribution is -2.46. The lowest BCUT2D eigenvalue weighted by atomic mass is 9.89. The van der Waals surface area contributed by atoms with E-state index in [1.807, 2.05) is 0 Å². The van der Waals surface area contributed by atoms with Gasteiger partial charge in [-0.15, -0.1) is 0 Å². The van der Waals surface area contributed by atoms with Crippen LogP contribution in [0.3, 0.4) is 0 Å². The van der Waals surface area contributed by atoms with E-state index in [1.54, 1.807) is 0 Å². The Morgan fingerprint density at radius 1 is 1.25 bits per heavy atom. The molecule has 3 heteroatoms. The van der Waals surface area contributed by atoms with Gasteiger partial charge in [-0.1, -0.05) is 12.8 Å². The molecule has 0 aromatic heterocycles. The van der Waals surface area contributed by atoms with Crippen LogP contribution in [0.1, 0.15) is 25.7 Å². The van der Waals surface area contributed by atoms with E-state index in [4.69, 9.17) is 0 Å². The summed E-state index contributed by atoms with van der Waals surface area (Å²) in [5.41, 5.74) is 0. The summed E-state index contributed by atoms with van der Waals surface area (Å²) in [6.45, 7) is 0.664. The van der Waals surface area contributed by atoms with Crippen LogP contribution in [0.4, 0.5) is 8.78 Å². The zero-order chi connectivity index (χ0) is 8.60. The highest BCUT2D eigenvalue weighted by atomic mass is 19.3. The van der Waals surface area contributed by atoms with Gasteiger partial charge in [-0.2, -0.15) is 0 Å². The number of alkyl halides is 2. The third-order valence-electron chi connectivity index (χ3n) is 2.94. The number of hydrogen-bond donors (Lipinski definition) is 1. The number of rotatable bonds is 2. The fourth-order valence-corrected chi connectivity index (χ4v) is 1.93. The molecule has 1 unspecified atom stereocenters. The number of halogens is 2. The van der Waals surface area contributed by atoms with E-state index in [0.29, 0.717) is 12.3 Å². The lowest BCUT2D eigenvalue weighted by molar-refractivity contribution is -0.0776. The fourth-order valence-electron chi connectivity index (χ4n) is 1.93. The van der Waals surface area contributed by atoms with Crippen molar-refractivity contribution >= 4 is 0 Å². The smallest absolute Gasteiger partial charge is 0.263 e. The van der Waals surface area contributed by atoms with Crippen LogP contribution in [0, 0.1) is 11.8 Å². The Labute approximate surface area is 71.5 Å². The van der Waals surface area contributed by atoms with Crippen LogP contribution in [-0.4, -0.2) is 19.0 Å². The van der Waals surface area contributed by atoms with Gasteiger partial charge < -0.3 is 5.32 Å². The summed E-state index contributed by atoms with van der Waals surface area (Å²) in [7, 11) is 0. The van der Waals surface area contributed by atoms with E-state index in [0.717, 1.165) is 13.0 Å². The predicted octanol–water partition coefficient (Wildman–Crippen LogP) is 2.03. The molecule has 1 nitrogen and oxygen atoms in total. The molecular formula is C9H15F2N. The van der Waals surface area contributed by atoms with Crippen LogP contribution in [0.15, 0.2) is 0 Å². The Morgan fingerprint density at radius 3 is 2.58 bits per heavy atom. The molecule has 12 heavy (non-hydrogen) atoms. The van der Waals surface area contributed by atoms with Crippen LogP contribution in [0.5, 0.6) is 0 Å². The van der Waals surface area contributed by atoms with E-state index < -0.39 is 5.92 Å². The quantitative estimate of drug-likeness (QED) is 0.677. The van der Waals surface area contributed by atoms with Crippen molar-refractivity contribution in [2.75, 3.05) is 13.1 Å². The van der Waals surface area contributed by atoms with Crippen LogP contribution in [0.25, 0.3) is 0 Å². The van der Waals surface area contributed by atoms with Crippen LogP contribution >= 0.6 is 0 Å². The van der Waals surface area contributed by atoms with Crippen molar-refractivity contribution < 1.29 is 8.78 Å². The van der Waals surface area contributed by atoms with Crippen molar-refractivity contribution in [3.8, 4) is 0 Å². The van der Waals surface area contributed by atoms with Gasteiger partial charge in [0, 0.05) is 5.92 Å². The molecule has 2 fully saturated rings. The van der Waals surface area contributed by atoms with Crippen molar-refractivity contribution in [1.82, 2.24) is 5.32 Å². The minimum Gasteiger partial charge on any atom is -0.311 e. The average Bonchev–Trinajstić information content (AvgIpc) is 2.77. The highest BCUT2D eigenvalue weighted by molar-refractivity contribution is 4.88. The van der Waals surface area contributed by atoms with Gasteiger partial charge >= 0.3 is 0 Å². The highest BCUT2D eigenvalue weighted by Crippen LogP contribution is 2.42. The second-order valence-electron chi connectivity index (χ2n) is 4.10. The van der Waals surface area contributed by atoms with Gasteiger partial charge in [-0.25, -0.2) is 8.78 Å². The van der Waals surface area contributed by atoms with Gasteiger partial charge in [0.25, 0.3) is 5.92 Å². The molecule has 70 valence electrons. The second-order valence-corrected chi connectivity index (χ2v) is 4.10. The maximum atomic E-state index is 13.2. The molecule has 1 atom stereocenters. The van der Waals surface area contributed by atoms with E-state index in [9.17, 15) is 8.78 Å². The SMILES string of the molecule is FC1(F)CNCCC1CC1CC1. The fraction of sp³-hybridized carbons (Fsp3) is 1.00. The van der Waals surface area contributed by atoms with Crippen molar-refractivity contribution in [3.63, 3.8) is 0 Å². The van der Waals surface area contributed by atoms with Crippen LogP contribution in [0.2, 0.25) is 0 Å². The standard InChI is InChI=1S/C9H15F2N/c10-9(11)6-12-4-3-8(9)5-7-1-2-7/h7-8,12H,1-6H2. The zero-order valence-electron chi connectivity index (χ0n) is 7.15. The molecule has 0 amide bonds. The topological polar surface area (TPSA) is 12.0 Å². The van der Waals surface area contributed by atoms with E-state index in [2.05, 4.69) is 5.32 Å². The summed E-state index contributed by atoms with van der Waals surface area (Å²) >= 11 is 0. The third-order valence-corrected chi connectivity index (χ3v) is 2.94. The Balaban J connectivity index is 1.90. The summed E-state index contributed by atoms with van der Waals surface area (Å²) in [6, 6.07) is 0. The van der Waals surface area contributed by atoms with Gasteiger partial charge in [-0.3, -0.25) is 0 Å². The first-order valence-electron chi connectivity index (χ1n) is 4.77. The molecule has 1 heterocycles. The van der Waals surface area contributed by atoms with Crippen molar-refractivity contribution in [3.05, 3.63) is 0 Å². The number of piperidine rings is 1. The minimum atomic E-state index is -2.44. The lowest BCUT2D eigenvalue weighted by Gasteiger charge is -2.31. The van der Waals surface area contributed by atoms with E-state index in [1.165, 1.54) is 12.8 Å². The van der Waals surface area contributed by atoms with Gasteiger partial charge in [0.05, 0.1) is 6.54 Å². The van der Waals surface area contributed by atoms with E-state index >= 15 is 0 Å². The van der Waals surface area contributed by atoms with Crippen molar-refractivity contribution in [2.24, 2.45) is 11.8 Å². The second kappa shape index (κ2) is 2.95. The first-order valence-corrected chi connectivity index (χ1v) is 4.77. The van der Waals surface area contributed by atoms with Crippen LogP contribution < -0.4 is 5.32 Å². The molecule has 2 rings (SSSR count). The number of hydrogen-bond acceptors (Lipinski definition) is 1. The van der Waals surface area contributed by atoms with Crippen molar-refractivity contribution in [2.45, 2.75) is 31.6 Å². The normalized spacial score (nSPS) is 35.0. The molecule has 1 aliphatic carbocycles. The van der Waals surface area contributed by atoms with Gasteiger partial charge in [0.15, 0.2) is 0 Å². The van der Waals surface area contributed by atoms with Gasteiger partial charge in [0.1, 0.15) is 0 Å². The molecule has 0 radical (unpaired) electrons. The van der Waals surface area contributed by atoms with E-state index in [-0.39, 0.29) is 12.5 Å². The molecule has 0 spiro atoms. The number of nitrogens with one attached hydrogen (secondary N) is 1. The molecular weight excluding hydrogens is 160 g/mol. The molecule has 0 bridgehead atoms. The van der Waals surface area contributed by atoms with Crippen molar-refractivity contribution in [1.29, 1.82) is 0 Å². The Hall–Kier alpha value is -0.180. The highest BCUT2D eigenvalue weighted by Gasteiger charge is 2.43. The summed E-state index contributed by atoms with van der Waals surface area (Å²) in [5.74, 6) is -2.16. The van der Waals surface area contributed by atoms with Gasteiger partial charge in [-0.05, 0) is 25.3 Å². The summed E-state index contributed by atoms with van der Waals surface area (Å²) in [4.78, 5) is 0. The molecule has 0 aromatic carbocycles. The van der Waals surface area contributed by atoms with Crippen LogP contribution in [-0.2, 0) is 0 Å². The summed E-state index contributed by atoms with van der Waals surface area (Å²) < 4.78 is 26.4. The molecule has 1 aliphatic heterocycles. The monoisotopic (exact) mass is 175 g/mol. The molecule has 1 N–H and O–H groups in total. The Kier molecular flexibility index (Phi) is 2.07. The molecule has 1 saturated heterocycles. The molecule has 1 saturated carbocycles. The maximum absolute atomic E-state index is 13.2. The van der Waals surface area contributed by atoms with Gasteiger partial charge in [0.2, 0.25) is 0 Å². The third kappa shape index (κ3) is 1.76. The first kappa shape index (κ1) is 8.42. The Bertz CT molecular complexity index is 166. The molecule has 0 aromatic rings. The average molecular weight is 175 g/mol. The Morgan fingerprint density at radius 2 is 2.00 bits per heavy atom. The maximum Gasteiger partial charge on any atom is 0.263 e. The summed E-state index contributed by atoms with van der Waals surface area (Å²) in [6.07, 6.45) is 3.78. The first-order chi connectivity index (χ1) is 5.68. The largest absolute Gasteiger partial charge is 0.311 e. The summed E-state index contributed by atoms with van der Waals surface area (Å²) in [5, 5.41) is 2.75.